The van der Waals surface area contributed by atoms with Gasteiger partial charge in [-0.25, -0.2) is 13.1 Å². The number of nitrogens with zero attached hydrogens (tertiary/aromatic N) is 1. The highest BCUT2D eigenvalue weighted by atomic mass is 32.2. The Morgan fingerprint density at radius 3 is 2.81 bits per heavy atom. The molecule has 1 aliphatic rings. The third-order valence-electron chi connectivity index (χ3n) is 3.35. The van der Waals surface area contributed by atoms with Gasteiger partial charge in [-0.3, -0.25) is 10.1 Å². The minimum atomic E-state index is -4.13. The van der Waals surface area contributed by atoms with Gasteiger partial charge >= 0.3 is 5.69 Å². The van der Waals surface area contributed by atoms with Gasteiger partial charge in [-0.1, -0.05) is 12.5 Å². The standard InChI is InChI=1S/C12H16FN3O4S/c13-10-5-3-6-11(12(10)16(17)18)21(19,20)15-8-9-4-1-2-7-14-9/h3,5-6,9,14-15H,1-2,4,7-8H2. The molecule has 9 heteroatoms. The summed E-state index contributed by atoms with van der Waals surface area (Å²) in [5.74, 6) is -1.17. The van der Waals surface area contributed by atoms with Crippen LogP contribution in [0.2, 0.25) is 0 Å². The first-order valence-corrected chi connectivity index (χ1v) is 8.06. The van der Waals surface area contributed by atoms with Crippen LogP contribution in [0.25, 0.3) is 0 Å². The van der Waals surface area contributed by atoms with E-state index in [1.807, 2.05) is 0 Å². The molecule has 0 bridgehead atoms. The van der Waals surface area contributed by atoms with Crippen molar-refractivity contribution in [3.63, 3.8) is 0 Å². The Kier molecular flexibility index (Phi) is 4.86. The molecule has 0 aromatic heterocycles. The summed E-state index contributed by atoms with van der Waals surface area (Å²) >= 11 is 0. The summed E-state index contributed by atoms with van der Waals surface area (Å²) in [6.07, 6.45) is 2.87. The van der Waals surface area contributed by atoms with Gasteiger partial charge in [0, 0.05) is 12.6 Å². The Morgan fingerprint density at radius 1 is 1.43 bits per heavy atom. The molecule has 1 unspecified atom stereocenters. The molecule has 1 aromatic rings. The number of rotatable bonds is 5. The number of benzene rings is 1. The van der Waals surface area contributed by atoms with Gasteiger partial charge in [0.25, 0.3) is 0 Å². The molecule has 116 valence electrons. The van der Waals surface area contributed by atoms with Crippen molar-refractivity contribution >= 4 is 15.7 Å². The molecule has 1 heterocycles. The van der Waals surface area contributed by atoms with E-state index in [9.17, 15) is 22.9 Å². The monoisotopic (exact) mass is 317 g/mol. The fourth-order valence-electron chi connectivity index (χ4n) is 2.28. The fourth-order valence-corrected chi connectivity index (χ4v) is 3.54. The maximum absolute atomic E-state index is 13.5. The lowest BCUT2D eigenvalue weighted by atomic mass is 10.1. The topological polar surface area (TPSA) is 101 Å². The molecule has 21 heavy (non-hydrogen) atoms. The van der Waals surface area contributed by atoms with Gasteiger partial charge in [0.2, 0.25) is 15.8 Å². The number of piperidine rings is 1. The summed E-state index contributed by atoms with van der Waals surface area (Å²) in [5, 5.41) is 14.0. The van der Waals surface area contributed by atoms with Gasteiger partial charge in [0.15, 0.2) is 4.90 Å². The number of para-hydroxylation sites is 1. The van der Waals surface area contributed by atoms with E-state index in [1.165, 1.54) is 0 Å². The number of hydrogen-bond acceptors (Lipinski definition) is 5. The summed E-state index contributed by atoms with van der Waals surface area (Å²) in [7, 11) is -4.13. The smallest absolute Gasteiger partial charge is 0.313 e. The van der Waals surface area contributed by atoms with Crippen LogP contribution in [-0.2, 0) is 10.0 Å². The van der Waals surface area contributed by atoms with E-state index in [4.69, 9.17) is 0 Å². The molecule has 1 atom stereocenters. The summed E-state index contributed by atoms with van der Waals surface area (Å²) in [4.78, 5) is 9.18. The molecule has 1 saturated heterocycles. The summed E-state index contributed by atoms with van der Waals surface area (Å²) in [5.41, 5.74) is -1.03. The molecule has 0 saturated carbocycles. The van der Waals surface area contributed by atoms with Crippen LogP contribution in [0, 0.1) is 15.9 Å². The first kappa shape index (κ1) is 15.8. The van der Waals surface area contributed by atoms with Gasteiger partial charge in [-0.05, 0) is 31.5 Å². The maximum Gasteiger partial charge on any atom is 0.324 e. The van der Waals surface area contributed by atoms with Crippen molar-refractivity contribution in [2.45, 2.75) is 30.2 Å². The first-order chi connectivity index (χ1) is 9.92. The number of hydrogen-bond donors (Lipinski definition) is 2. The summed E-state index contributed by atoms with van der Waals surface area (Å²) in [6.45, 7) is 0.933. The largest absolute Gasteiger partial charge is 0.324 e. The Balaban J connectivity index is 2.19. The van der Waals surface area contributed by atoms with Crippen molar-refractivity contribution in [1.82, 2.24) is 10.0 Å². The number of nitrogens with one attached hydrogen (secondary N) is 2. The molecule has 0 radical (unpaired) electrons. The molecule has 0 amide bonds. The van der Waals surface area contributed by atoms with E-state index in [2.05, 4.69) is 10.0 Å². The molecule has 1 aliphatic heterocycles. The van der Waals surface area contributed by atoms with E-state index in [0.29, 0.717) is 0 Å². The molecule has 0 spiro atoms. The van der Waals surface area contributed by atoms with E-state index in [1.54, 1.807) is 0 Å². The van der Waals surface area contributed by atoms with Gasteiger partial charge < -0.3 is 5.32 Å². The number of sulfonamides is 1. The van der Waals surface area contributed by atoms with Crippen LogP contribution in [-0.4, -0.2) is 32.5 Å². The Bertz CT molecular complexity index is 629. The minimum Gasteiger partial charge on any atom is -0.313 e. The lowest BCUT2D eigenvalue weighted by Crippen LogP contribution is -2.43. The Labute approximate surface area is 121 Å². The fraction of sp³-hybridized carbons (Fsp3) is 0.500. The highest BCUT2D eigenvalue weighted by molar-refractivity contribution is 7.89. The second-order valence-electron chi connectivity index (χ2n) is 4.84. The van der Waals surface area contributed by atoms with Gasteiger partial charge in [-0.2, -0.15) is 4.39 Å². The Hall–Kier alpha value is -1.58. The molecule has 1 fully saturated rings. The zero-order valence-corrected chi connectivity index (χ0v) is 12.0. The van der Waals surface area contributed by atoms with Crippen LogP contribution in [0.15, 0.2) is 23.1 Å². The highest BCUT2D eigenvalue weighted by Crippen LogP contribution is 2.26. The van der Waals surface area contributed by atoms with E-state index in [-0.39, 0.29) is 12.6 Å². The lowest BCUT2D eigenvalue weighted by molar-refractivity contribution is -0.390. The second-order valence-corrected chi connectivity index (χ2v) is 6.58. The van der Waals surface area contributed by atoms with Crippen molar-refractivity contribution < 1.29 is 17.7 Å². The van der Waals surface area contributed by atoms with Crippen molar-refractivity contribution in [1.29, 1.82) is 0 Å². The number of nitro benzene ring substituents is 1. The van der Waals surface area contributed by atoms with Crippen LogP contribution in [0.3, 0.4) is 0 Å². The van der Waals surface area contributed by atoms with Crippen molar-refractivity contribution in [3.05, 3.63) is 34.1 Å². The van der Waals surface area contributed by atoms with Crippen LogP contribution < -0.4 is 10.0 Å². The molecule has 7 nitrogen and oxygen atoms in total. The van der Waals surface area contributed by atoms with Crippen LogP contribution in [0.4, 0.5) is 10.1 Å². The zero-order valence-electron chi connectivity index (χ0n) is 11.2. The number of halogens is 1. The quantitative estimate of drug-likeness (QED) is 0.627. The van der Waals surface area contributed by atoms with Crippen LogP contribution in [0.5, 0.6) is 0 Å². The average molecular weight is 317 g/mol. The van der Waals surface area contributed by atoms with Crippen molar-refractivity contribution in [3.8, 4) is 0 Å². The van der Waals surface area contributed by atoms with Gasteiger partial charge in [-0.15, -0.1) is 0 Å². The summed E-state index contributed by atoms with van der Waals surface area (Å²) in [6, 6.07) is 3.01. The molecular weight excluding hydrogens is 301 g/mol. The summed E-state index contributed by atoms with van der Waals surface area (Å²) < 4.78 is 40.1. The zero-order chi connectivity index (χ0) is 15.5. The van der Waals surface area contributed by atoms with Gasteiger partial charge in [0.1, 0.15) is 0 Å². The molecule has 1 aromatic carbocycles. The van der Waals surface area contributed by atoms with Crippen molar-refractivity contribution in [2.24, 2.45) is 0 Å². The van der Waals surface area contributed by atoms with E-state index < -0.39 is 31.3 Å². The lowest BCUT2D eigenvalue weighted by Gasteiger charge is -2.23. The van der Waals surface area contributed by atoms with Crippen LogP contribution in [0.1, 0.15) is 19.3 Å². The van der Waals surface area contributed by atoms with Crippen molar-refractivity contribution in [2.75, 3.05) is 13.1 Å². The maximum atomic E-state index is 13.5. The molecule has 2 rings (SSSR count). The SMILES string of the molecule is O=[N+]([O-])c1c(F)cccc1S(=O)(=O)NCC1CCCCN1. The predicted molar refractivity (Wildman–Crippen MR) is 73.9 cm³/mol. The molecule has 0 aliphatic carbocycles. The van der Waals surface area contributed by atoms with E-state index in [0.717, 1.165) is 44.0 Å². The molecule has 2 N–H and O–H groups in total. The third-order valence-corrected chi connectivity index (χ3v) is 4.81. The number of nitro groups is 1. The van der Waals surface area contributed by atoms with Gasteiger partial charge in [0.05, 0.1) is 4.92 Å². The van der Waals surface area contributed by atoms with E-state index >= 15 is 0 Å². The minimum absolute atomic E-state index is 0.0128. The third kappa shape index (κ3) is 3.74. The predicted octanol–water partition coefficient (Wildman–Crippen LogP) is 1.15. The highest BCUT2D eigenvalue weighted by Gasteiger charge is 2.29. The Morgan fingerprint density at radius 2 is 2.19 bits per heavy atom. The second kappa shape index (κ2) is 6.46. The molecular formula is C12H16FN3O4S. The van der Waals surface area contributed by atoms with Crippen LogP contribution >= 0.6 is 0 Å². The first-order valence-electron chi connectivity index (χ1n) is 6.58. The normalized spacial score (nSPS) is 19.4. The average Bonchev–Trinajstić information content (AvgIpc) is 2.46.